The van der Waals surface area contributed by atoms with Gasteiger partial charge in [-0.1, -0.05) is 23.2 Å². The monoisotopic (exact) mass is 162 g/mol. The van der Waals surface area contributed by atoms with Crippen molar-refractivity contribution in [3.8, 4) is 5.75 Å². The third-order valence-corrected chi connectivity index (χ3v) is 1.12. The lowest BCUT2D eigenvalue weighted by molar-refractivity contribution is 0.354. The summed E-state index contributed by atoms with van der Waals surface area (Å²) in [6.45, 7) is 0. The van der Waals surface area contributed by atoms with Gasteiger partial charge in [0.15, 0.2) is 5.75 Å². The minimum Gasteiger partial charge on any atom is -0.290 e. The average molecular weight is 163 g/mol. The van der Waals surface area contributed by atoms with Crippen molar-refractivity contribution in [2.75, 3.05) is 0 Å². The molecule has 1 rings (SSSR count). The zero-order chi connectivity index (χ0) is 6.85. The second-order valence-electron chi connectivity index (χ2n) is 1.45. The molecule has 4 heteroatoms. The molecular weight excluding hydrogens is 161 g/mol. The first-order chi connectivity index (χ1) is 4.18. The Morgan fingerprint density at radius 2 is 1.67 bits per heavy atom. The molecule has 0 bridgehead atoms. The van der Waals surface area contributed by atoms with Crippen LogP contribution in [0.5, 0.6) is 5.75 Å². The summed E-state index contributed by atoms with van der Waals surface area (Å²) in [5.74, 6) is -0.222. The summed E-state index contributed by atoms with van der Waals surface area (Å²) in [6.07, 6.45) is 0. The predicted octanol–water partition coefficient (Wildman–Crippen LogP) is 2.53. The number of rotatable bonds is 0. The van der Waals surface area contributed by atoms with Crippen molar-refractivity contribution in [2.45, 2.75) is 0 Å². The van der Waals surface area contributed by atoms with Crippen LogP contribution in [-0.4, -0.2) is 4.98 Å². The van der Waals surface area contributed by atoms with Gasteiger partial charge in [-0.3, -0.25) is 5.11 Å². The van der Waals surface area contributed by atoms with Gasteiger partial charge in [-0.25, -0.2) is 4.98 Å². The van der Waals surface area contributed by atoms with Gasteiger partial charge in [0.25, 0.3) is 0 Å². The first-order valence-electron chi connectivity index (χ1n) is 2.18. The minimum absolute atomic E-state index is 0.132. The quantitative estimate of drug-likeness (QED) is 0.540. The van der Waals surface area contributed by atoms with E-state index in [4.69, 9.17) is 23.2 Å². The van der Waals surface area contributed by atoms with Gasteiger partial charge < -0.3 is 0 Å². The molecule has 1 radical (unpaired) electrons. The van der Waals surface area contributed by atoms with E-state index in [2.05, 4.69) is 4.98 Å². The molecule has 0 spiro atoms. The Kier molecular flexibility index (Phi) is 1.78. The summed E-state index contributed by atoms with van der Waals surface area (Å²) >= 11 is 10.7. The second kappa shape index (κ2) is 2.42. The van der Waals surface area contributed by atoms with E-state index in [0.717, 1.165) is 0 Å². The Morgan fingerprint density at radius 3 is 2.00 bits per heavy atom. The van der Waals surface area contributed by atoms with Crippen LogP contribution >= 0.6 is 23.2 Å². The highest BCUT2D eigenvalue weighted by atomic mass is 35.5. The number of aromatic nitrogens is 1. The molecule has 0 aromatic carbocycles. The summed E-state index contributed by atoms with van der Waals surface area (Å²) in [6, 6.07) is 2.40. The highest BCUT2D eigenvalue weighted by Crippen LogP contribution is 2.19. The standard InChI is InChI=1S/C5H2Cl2NO/c6-4-1-3(9)2-5(7)8-4/h1-2H. The summed E-state index contributed by atoms with van der Waals surface area (Å²) in [7, 11) is 0. The maximum absolute atomic E-state index is 10.5. The van der Waals surface area contributed by atoms with Gasteiger partial charge in [0.05, 0.1) is 0 Å². The van der Waals surface area contributed by atoms with Crippen molar-refractivity contribution >= 4 is 23.2 Å². The molecule has 0 fully saturated rings. The zero-order valence-corrected chi connectivity index (χ0v) is 5.78. The molecule has 0 saturated heterocycles. The van der Waals surface area contributed by atoms with E-state index in [0.29, 0.717) is 0 Å². The fourth-order valence-electron chi connectivity index (χ4n) is 0.443. The SMILES string of the molecule is [O]c1cc(Cl)nc(Cl)c1. The van der Waals surface area contributed by atoms with Crippen molar-refractivity contribution in [3.63, 3.8) is 0 Å². The van der Waals surface area contributed by atoms with E-state index in [9.17, 15) is 5.11 Å². The summed E-state index contributed by atoms with van der Waals surface area (Å²) in [5, 5.41) is 10.8. The van der Waals surface area contributed by atoms with Crippen LogP contribution < -0.4 is 0 Å². The Balaban J connectivity index is 3.17. The zero-order valence-electron chi connectivity index (χ0n) is 4.27. The van der Waals surface area contributed by atoms with Crippen LogP contribution in [0.2, 0.25) is 10.3 Å². The Hall–Kier alpha value is -0.470. The molecule has 0 unspecified atom stereocenters. The number of halogens is 2. The van der Waals surface area contributed by atoms with Crippen LogP contribution in [0.4, 0.5) is 0 Å². The van der Waals surface area contributed by atoms with Gasteiger partial charge in [-0.15, -0.1) is 0 Å². The van der Waals surface area contributed by atoms with Crippen molar-refractivity contribution in [3.05, 3.63) is 22.4 Å². The Labute approximate surface area is 62.1 Å². The third kappa shape index (κ3) is 1.73. The van der Waals surface area contributed by atoms with E-state index < -0.39 is 0 Å². The minimum atomic E-state index is -0.222. The van der Waals surface area contributed by atoms with Crippen LogP contribution in [0.25, 0.3) is 0 Å². The van der Waals surface area contributed by atoms with Gasteiger partial charge in [-0.05, 0) is 0 Å². The van der Waals surface area contributed by atoms with Gasteiger partial charge in [0.2, 0.25) is 0 Å². The molecule has 9 heavy (non-hydrogen) atoms. The summed E-state index contributed by atoms with van der Waals surface area (Å²) in [4.78, 5) is 3.57. The molecule has 0 aliphatic rings. The van der Waals surface area contributed by atoms with Crippen molar-refractivity contribution in [2.24, 2.45) is 0 Å². The highest BCUT2D eigenvalue weighted by Gasteiger charge is 1.96. The average Bonchev–Trinajstić information content (AvgIpc) is 1.59. The lowest BCUT2D eigenvalue weighted by Gasteiger charge is -1.89. The summed E-state index contributed by atoms with van der Waals surface area (Å²) < 4.78 is 0. The molecule has 0 amide bonds. The maximum atomic E-state index is 10.5. The van der Waals surface area contributed by atoms with Crippen LogP contribution in [0.15, 0.2) is 12.1 Å². The molecule has 47 valence electrons. The Morgan fingerprint density at radius 1 is 1.22 bits per heavy atom. The van der Waals surface area contributed by atoms with E-state index in [1.807, 2.05) is 0 Å². The van der Waals surface area contributed by atoms with Crippen molar-refractivity contribution in [1.82, 2.24) is 4.98 Å². The van der Waals surface area contributed by atoms with E-state index in [-0.39, 0.29) is 16.1 Å². The molecule has 0 N–H and O–H groups in total. The molecule has 0 aliphatic carbocycles. The Bertz CT molecular complexity index is 176. The van der Waals surface area contributed by atoms with Gasteiger partial charge in [0.1, 0.15) is 10.3 Å². The van der Waals surface area contributed by atoms with Gasteiger partial charge >= 0.3 is 0 Å². The van der Waals surface area contributed by atoms with E-state index in [1.165, 1.54) is 12.1 Å². The van der Waals surface area contributed by atoms with Crippen LogP contribution in [0, 0.1) is 0 Å². The lowest BCUT2D eigenvalue weighted by atomic mass is 10.5. The molecule has 1 aromatic rings. The molecule has 2 nitrogen and oxygen atoms in total. The highest BCUT2D eigenvalue weighted by molar-refractivity contribution is 6.32. The number of hydrogen-bond donors (Lipinski definition) is 0. The van der Waals surface area contributed by atoms with E-state index >= 15 is 0 Å². The molecule has 1 heterocycles. The number of nitrogens with zero attached hydrogens (tertiary/aromatic N) is 1. The third-order valence-electron chi connectivity index (χ3n) is 0.736. The lowest BCUT2D eigenvalue weighted by Crippen LogP contribution is -1.73. The number of hydrogen-bond acceptors (Lipinski definition) is 1. The maximum Gasteiger partial charge on any atom is 0.184 e. The van der Waals surface area contributed by atoms with Crippen LogP contribution in [0.1, 0.15) is 0 Å². The fraction of sp³-hybridized carbons (Fsp3) is 0. The fourth-order valence-corrected chi connectivity index (χ4v) is 0.883. The van der Waals surface area contributed by atoms with Crippen molar-refractivity contribution < 1.29 is 5.11 Å². The molecule has 0 atom stereocenters. The summed E-state index contributed by atoms with van der Waals surface area (Å²) in [5.41, 5.74) is 0. The van der Waals surface area contributed by atoms with E-state index in [1.54, 1.807) is 0 Å². The van der Waals surface area contributed by atoms with Crippen LogP contribution in [0.3, 0.4) is 0 Å². The smallest absolute Gasteiger partial charge is 0.184 e. The second-order valence-corrected chi connectivity index (χ2v) is 2.22. The first kappa shape index (κ1) is 6.65. The topological polar surface area (TPSA) is 32.8 Å². The van der Waals surface area contributed by atoms with Crippen LogP contribution in [-0.2, 0) is 5.11 Å². The normalized spacial score (nSPS) is 9.56. The molecule has 1 aromatic heterocycles. The van der Waals surface area contributed by atoms with Gasteiger partial charge in [0, 0.05) is 12.1 Å². The molecule has 0 aliphatic heterocycles. The molecular formula is C5H2Cl2NO. The first-order valence-corrected chi connectivity index (χ1v) is 2.94. The number of pyridine rings is 1. The van der Waals surface area contributed by atoms with Gasteiger partial charge in [-0.2, -0.15) is 0 Å². The predicted molar refractivity (Wildman–Crippen MR) is 34.4 cm³/mol. The molecule has 0 saturated carbocycles. The van der Waals surface area contributed by atoms with Crippen molar-refractivity contribution in [1.29, 1.82) is 0 Å². The largest absolute Gasteiger partial charge is 0.290 e.